The van der Waals surface area contributed by atoms with Crippen molar-refractivity contribution < 1.29 is 9.59 Å². The normalized spacial score (nSPS) is 13.8. The van der Waals surface area contributed by atoms with E-state index in [-0.39, 0.29) is 29.1 Å². The molecule has 0 aromatic rings. The highest BCUT2D eigenvalue weighted by Crippen LogP contribution is 2.18. The molecular formula is C12H23NO2. The van der Waals surface area contributed by atoms with Gasteiger partial charge in [-0.3, -0.25) is 9.59 Å². The number of hydrogen-bond acceptors (Lipinski definition) is 2. The smallest absolute Gasteiger partial charge is 0.221 e. The first kappa shape index (κ1) is 14.1. The van der Waals surface area contributed by atoms with E-state index in [0.717, 1.165) is 0 Å². The average molecular weight is 213 g/mol. The maximum absolute atomic E-state index is 11.6. The fourth-order valence-electron chi connectivity index (χ4n) is 1.44. The maximum Gasteiger partial charge on any atom is 0.221 e. The van der Waals surface area contributed by atoms with E-state index in [9.17, 15) is 9.59 Å². The van der Waals surface area contributed by atoms with Crippen LogP contribution in [0.2, 0.25) is 0 Å². The van der Waals surface area contributed by atoms with Gasteiger partial charge in [0.15, 0.2) is 5.78 Å². The van der Waals surface area contributed by atoms with Crippen LogP contribution in [-0.4, -0.2) is 17.7 Å². The summed E-state index contributed by atoms with van der Waals surface area (Å²) in [7, 11) is 0. The Morgan fingerprint density at radius 3 is 1.93 bits per heavy atom. The molecule has 0 radical (unpaired) electrons. The lowest BCUT2D eigenvalue weighted by molar-refractivity contribution is -0.128. The molecule has 0 heterocycles. The molecule has 1 N–H and O–H groups in total. The summed E-state index contributed by atoms with van der Waals surface area (Å²) in [6.07, 6.45) is 0.448. The Morgan fingerprint density at radius 1 is 1.20 bits per heavy atom. The van der Waals surface area contributed by atoms with Crippen LogP contribution in [0.3, 0.4) is 0 Å². The number of carbonyl (C=O) groups excluding carboxylic acids is 2. The molecule has 1 amide bonds. The molecule has 15 heavy (non-hydrogen) atoms. The number of rotatable bonds is 4. The number of nitrogens with one attached hydrogen (secondary N) is 1. The minimum atomic E-state index is -0.347. The summed E-state index contributed by atoms with van der Waals surface area (Å²) in [6, 6.07) is -0.347. The third kappa shape index (κ3) is 6.26. The molecule has 0 saturated carbocycles. The number of ketones is 1. The zero-order valence-corrected chi connectivity index (χ0v) is 10.7. The Bertz CT molecular complexity index is 238. The van der Waals surface area contributed by atoms with Crippen LogP contribution in [0.25, 0.3) is 0 Å². The first-order chi connectivity index (χ1) is 6.63. The van der Waals surface area contributed by atoms with Gasteiger partial charge in [0.05, 0.1) is 6.04 Å². The highest BCUT2D eigenvalue weighted by atomic mass is 16.2. The van der Waals surface area contributed by atoms with Gasteiger partial charge in [0.2, 0.25) is 5.91 Å². The molecule has 0 saturated heterocycles. The van der Waals surface area contributed by atoms with Gasteiger partial charge in [0, 0.05) is 6.42 Å². The fourth-order valence-corrected chi connectivity index (χ4v) is 1.44. The summed E-state index contributed by atoms with van der Waals surface area (Å²) < 4.78 is 0. The molecular weight excluding hydrogens is 190 g/mol. The largest absolute Gasteiger partial charge is 0.346 e. The molecule has 0 bridgehead atoms. The first-order valence-electron chi connectivity index (χ1n) is 5.43. The van der Waals surface area contributed by atoms with E-state index < -0.39 is 0 Å². The van der Waals surface area contributed by atoms with Crippen molar-refractivity contribution in [3.63, 3.8) is 0 Å². The van der Waals surface area contributed by atoms with Gasteiger partial charge in [-0.1, -0.05) is 34.6 Å². The molecule has 0 fully saturated rings. The maximum atomic E-state index is 11.6. The molecule has 1 atom stereocenters. The van der Waals surface area contributed by atoms with Gasteiger partial charge < -0.3 is 5.32 Å². The molecule has 3 heteroatoms. The summed E-state index contributed by atoms with van der Waals surface area (Å²) in [5, 5.41) is 2.78. The second-order valence-electron chi connectivity index (χ2n) is 5.64. The van der Waals surface area contributed by atoms with Crippen molar-refractivity contribution in [2.75, 3.05) is 0 Å². The second-order valence-corrected chi connectivity index (χ2v) is 5.64. The van der Waals surface area contributed by atoms with Crippen LogP contribution in [0.1, 0.15) is 48.0 Å². The van der Waals surface area contributed by atoms with Crippen molar-refractivity contribution in [1.82, 2.24) is 5.32 Å². The first-order valence-corrected chi connectivity index (χ1v) is 5.43. The third-order valence-electron chi connectivity index (χ3n) is 2.11. The highest BCUT2D eigenvalue weighted by Gasteiger charge is 2.23. The summed E-state index contributed by atoms with van der Waals surface area (Å²) in [5.74, 6) is 0.120. The Hall–Kier alpha value is -0.860. The molecule has 0 aromatic heterocycles. The summed E-state index contributed by atoms with van der Waals surface area (Å²) in [4.78, 5) is 22.9. The monoisotopic (exact) mass is 213 g/mol. The molecule has 0 rings (SSSR count). The van der Waals surface area contributed by atoms with Crippen molar-refractivity contribution in [3.8, 4) is 0 Å². The minimum Gasteiger partial charge on any atom is -0.346 e. The summed E-state index contributed by atoms with van der Waals surface area (Å²) in [5.41, 5.74) is -0.0393. The number of amides is 1. The second kappa shape index (κ2) is 5.29. The van der Waals surface area contributed by atoms with Crippen LogP contribution in [0.5, 0.6) is 0 Å². The van der Waals surface area contributed by atoms with Crippen molar-refractivity contribution in [2.24, 2.45) is 11.3 Å². The Balaban J connectivity index is 4.31. The molecule has 88 valence electrons. The van der Waals surface area contributed by atoms with E-state index in [0.29, 0.717) is 6.42 Å². The van der Waals surface area contributed by atoms with E-state index in [1.807, 2.05) is 34.6 Å². The summed E-state index contributed by atoms with van der Waals surface area (Å²) in [6.45, 7) is 11.4. The Labute approximate surface area is 92.6 Å². The van der Waals surface area contributed by atoms with Crippen molar-refractivity contribution in [2.45, 2.75) is 54.0 Å². The van der Waals surface area contributed by atoms with E-state index >= 15 is 0 Å². The third-order valence-corrected chi connectivity index (χ3v) is 2.11. The molecule has 0 spiro atoms. The van der Waals surface area contributed by atoms with Gasteiger partial charge in [0.1, 0.15) is 0 Å². The quantitative estimate of drug-likeness (QED) is 0.777. The topological polar surface area (TPSA) is 46.2 Å². The van der Waals surface area contributed by atoms with E-state index in [1.54, 1.807) is 0 Å². The molecule has 0 unspecified atom stereocenters. The Morgan fingerprint density at radius 2 is 1.67 bits per heavy atom. The fraction of sp³-hybridized carbons (Fsp3) is 0.833. The molecule has 0 aromatic carbocycles. The van der Waals surface area contributed by atoms with Gasteiger partial charge in [-0.2, -0.15) is 0 Å². The van der Waals surface area contributed by atoms with Gasteiger partial charge >= 0.3 is 0 Å². The number of hydrogen-bond donors (Lipinski definition) is 1. The lowest BCUT2D eigenvalue weighted by Gasteiger charge is -2.23. The SMILES string of the molecule is CC(=O)[C@H](NC(=O)CC(C)(C)C)C(C)C. The van der Waals surface area contributed by atoms with Crippen molar-refractivity contribution >= 4 is 11.7 Å². The summed E-state index contributed by atoms with van der Waals surface area (Å²) >= 11 is 0. The van der Waals surface area contributed by atoms with Crippen LogP contribution in [0.15, 0.2) is 0 Å². The van der Waals surface area contributed by atoms with Crippen LogP contribution < -0.4 is 5.32 Å². The number of carbonyl (C=O) groups is 2. The van der Waals surface area contributed by atoms with E-state index in [2.05, 4.69) is 5.32 Å². The molecule has 0 aliphatic heterocycles. The lowest BCUT2D eigenvalue weighted by Crippen LogP contribution is -2.44. The highest BCUT2D eigenvalue weighted by molar-refractivity contribution is 5.87. The zero-order chi connectivity index (χ0) is 12.2. The van der Waals surface area contributed by atoms with Crippen LogP contribution in [0, 0.1) is 11.3 Å². The van der Waals surface area contributed by atoms with Gasteiger partial charge in [-0.25, -0.2) is 0 Å². The minimum absolute atomic E-state index is 0.0206. The van der Waals surface area contributed by atoms with Gasteiger partial charge in [0.25, 0.3) is 0 Å². The Kier molecular flexibility index (Phi) is 4.98. The van der Waals surface area contributed by atoms with Crippen LogP contribution in [0.4, 0.5) is 0 Å². The molecule has 0 aliphatic rings. The molecule has 0 aliphatic carbocycles. The standard InChI is InChI=1S/C12H23NO2/c1-8(2)11(9(3)14)13-10(15)7-12(4,5)6/h8,11H,7H2,1-6H3,(H,13,15)/t11-/m1/s1. The lowest BCUT2D eigenvalue weighted by atomic mass is 9.91. The van der Waals surface area contributed by atoms with Crippen molar-refractivity contribution in [1.29, 1.82) is 0 Å². The van der Waals surface area contributed by atoms with Gasteiger partial charge in [-0.05, 0) is 18.3 Å². The van der Waals surface area contributed by atoms with Gasteiger partial charge in [-0.15, -0.1) is 0 Å². The van der Waals surface area contributed by atoms with Crippen LogP contribution in [-0.2, 0) is 9.59 Å². The number of Topliss-reactive ketones (excluding diaryl/α,β-unsaturated/α-hetero) is 1. The predicted octanol–water partition coefficient (Wildman–Crippen LogP) is 2.15. The predicted molar refractivity (Wildman–Crippen MR) is 61.5 cm³/mol. The van der Waals surface area contributed by atoms with Crippen molar-refractivity contribution in [3.05, 3.63) is 0 Å². The average Bonchev–Trinajstić information content (AvgIpc) is 1.95. The molecule has 3 nitrogen and oxygen atoms in total. The van der Waals surface area contributed by atoms with E-state index in [4.69, 9.17) is 0 Å². The zero-order valence-electron chi connectivity index (χ0n) is 10.7. The van der Waals surface area contributed by atoms with E-state index in [1.165, 1.54) is 6.92 Å². The van der Waals surface area contributed by atoms with Crippen LogP contribution >= 0.6 is 0 Å².